The minimum absolute atomic E-state index is 0.00232. The summed E-state index contributed by atoms with van der Waals surface area (Å²) in [6, 6.07) is 8.08. The first-order valence-electron chi connectivity index (χ1n) is 9.87. The lowest BCUT2D eigenvalue weighted by atomic mass is 9.97. The standard InChI is InChI=1S/C20H21F3N6O3/c1-31-13-5-6-15(32-2)14(10-13)24-18(30)12-4-3-9-28(11-12)17-8-7-16-25-26-19(20(21,22)23)29(16)27-17/h5-8,10,12H,3-4,9,11H2,1-2H3,(H,24,30). The minimum Gasteiger partial charge on any atom is -0.497 e. The number of amides is 1. The van der Waals surface area contributed by atoms with Gasteiger partial charge in [0.05, 0.1) is 25.8 Å². The molecule has 1 amide bonds. The molecule has 0 bridgehead atoms. The van der Waals surface area contributed by atoms with E-state index < -0.39 is 12.0 Å². The summed E-state index contributed by atoms with van der Waals surface area (Å²) in [5, 5.41) is 13.7. The molecule has 170 valence electrons. The lowest BCUT2D eigenvalue weighted by Gasteiger charge is -2.32. The number of anilines is 2. The topological polar surface area (TPSA) is 93.9 Å². The molecule has 3 heterocycles. The van der Waals surface area contributed by atoms with Gasteiger partial charge in [-0.15, -0.1) is 15.3 Å². The van der Waals surface area contributed by atoms with Crippen molar-refractivity contribution in [3.05, 3.63) is 36.2 Å². The highest BCUT2D eigenvalue weighted by atomic mass is 19.4. The van der Waals surface area contributed by atoms with Crippen molar-refractivity contribution in [2.45, 2.75) is 19.0 Å². The zero-order valence-electron chi connectivity index (χ0n) is 17.4. The molecule has 3 aromatic rings. The predicted octanol–water partition coefficient (Wildman–Crippen LogP) is 3.02. The zero-order valence-corrected chi connectivity index (χ0v) is 17.4. The van der Waals surface area contributed by atoms with E-state index in [-0.39, 0.29) is 17.5 Å². The Bertz CT molecular complexity index is 1130. The summed E-state index contributed by atoms with van der Waals surface area (Å²) in [6.45, 7) is 0.869. The molecule has 1 unspecified atom stereocenters. The highest BCUT2D eigenvalue weighted by Crippen LogP contribution is 2.31. The molecule has 0 saturated carbocycles. The maximum atomic E-state index is 13.2. The molecule has 2 aromatic heterocycles. The van der Waals surface area contributed by atoms with Crippen molar-refractivity contribution < 1.29 is 27.4 Å². The number of halogens is 3. The Morgan fingerprint density at radius 1 is 1.16 bits per heavy atom. The van der Waals surface area contributed by atoms with Crippen LogP contribution in [-0.4, -0.2) is 53.0 Å². The second kappa shape index (κ2) is 8.52. The fourth-order valence-corrected chi connectivity index (χ4v) is 3.67. The van der Waals surface area contributed by atoms with Gasteiger partial charge in [0.15, 0.2) is 5.65 Å². The summed E-state index contributed by atoms with van der Waals surface area (Å²) in [7, 11) is 3.03. The van der Waals surface area contributed by atoms with Gasteiger partial charge in [-0.2, -0.15) is 17.7 Å². The monoisotopic (exact) mass is 450 g/mol. The molecule has 1 aliphatic rings. The van der Waals surface area contributed by atoms with Gasteiger partial charge in [0.2, 0.25) is 5.91 Å². The van der Waals surface area contributed by atoms with Gasteiger partial charge in [-0.05, 0) is 37.1 Å². The van der Waals surface area contributed by atoms with Crippen LogP contribution in [-0.2, 0) is 11.0 Å². The summed E-state index contributed by atoms with van der Waals surface area (Å²) in [5.74, 6) is -0.419. The number of ether oxygens (including phenoxy) is 2. The molecule has 1 fully saturated rings. The second-order valence-corrected chi connectivity index (χ2v) is 7.32. The summed E-state index contributed by atoms with van der Waals surface area (Å²) in [5.41, 5.74) is 0.477. The number of hydrogen-bond donors (Lipinski definition) is 1. The van der Waals surface area contributed by atoms with Crippen molar-refractivity contribution in [1.82, 2.24) is 19.8 Å². The van der Waals surface area contributed by atoms with Gasteiger partial charge in [0.1, 0.15) is 17.3 Å². The first kappa shape index (κ1) is 21.7. The van der Waals surface area contributed by atoms with Crippen molar-refractivity contribution in [3.8, 4) is 11.5 Å². The summed E-state index contributed by atoms with van der Waals surface area (Å²) >= 11 is 0. The number of hydrogen-bond acceptors (Lipinski definition) is 7. The summed E-state index contributed by atoms with van der Waals surface area (Å²) in [6.07, 6.45) is -3.36. The summed E-state index contributed by atoms with van der Waals surface area (Å²) in [4.78, 5) is 14.7. The van der Waals surface area contributed by atoms with Crippen LogP contribution >= 0.6 is 0 Å². The second-order valence-electron chi connectivity index (χ2n) is 7.32. The number of aromatic nitrogens is 4. The maximum absolute atomic E-state index is 13.2. The minimum atomic E-state index is -4.68. The van der Waals surface area contributed by atoms with Gasteiger partial charge in [-0.25, -0.2) is 0 Å². The molecule has 1 saturated heterocycles. The first-order chi connectivity index (χ1) is 15.3. The van der Waals surface area contributed by atoms with Gasteiger partial charge < -0.3 is 19.7 Å². The summed E-state index contributed by atoms with van der Waals surface area (Å²) < 4.78 is 50.7. The number of nitrogens with one attached hydrogen (secondary N) is 1. The lowest BCUT2D eigenvalue weighted by molar-refractivity contribution is -0.146. The molecule has 9 nitrogen and oxygen atoms in total. The predicted molar refractivity (Wildman–Crippen MR) is 109 cm³/mol. The van der Waals surface area contributed by atoms with Crippen LogP contribution in [0, 0.1) is 5.92 Å². The van der Waals surface area contributed by atoms with E-state index in [4.69, 9.17) is 9.47 Å². The Morgan fingerprint density at radius 2 is 1.97 bits per heavy atom. The molecular weight excluding hydrogens is 429 g/mol. The Hall–Kier alpha value is -3.57. The Morgan fingerprint density at radius 3 is 2.69 bits per heavy atom. The molecule has 0 radical (unpaired) electrons. The van der Waals surface area contributed by atoms with Crippen LogP contribution < -0.4 is 19.7 Å². The lowest BCUT2D eigenvalue weighted by Crippen LogP contribution is -2.41. The van der Waals surface area contributed by atoms with Crippen LogP contribution in [0.25, 0.3) is 5.65 Å². The highest BCUT2D eigenvalue weighted by molar-refractivity contribution is 5.94. The van der Waals surface area contributed by atoms with Gasteiger partial charge in [0, 0.05) is 19.2 Å². The normalized spacial score (nSPS) is 16.8. The molecule has 0 aliphatic carbocycles. The van der Waals surface area contributed by atoms with Crippen molar-refractivity contribution in [2.24, 2.45) is 5.92 Å². The van der Waals surface area contributed by atoms with E-state index in [0.717, 1.165) is 0 Å². The third-order valence-corrected chi connectivity index (χ3v) is 5.28. The maximum Gasteiger partial charge on any atom is 0.453 e. The number of piperidine rings is 1. The van der Waals surface area contributed by atoms with E-state index in [2.05, 4.69) is 20.6 Å². The fraction of sp³-hybridized carbons (Fsp3) is 0.400. The van der Waals surface area contributed by atoms with Crippen molar-refractivity contribution in [3.63, 3.8) is 0 Å². The van der Waals surface area contributed by atoms with Crippen molar-refractivity contribution >= 4 is 23.1 Å². The molecule has 12 heteroatoms. The molecule has 32 heavy (non-hydrogen) atoms. The van der Waals surface area contributed by atoms with E-state index >= 15 is 0 Å². The van der Waals surface area contributed by atoms with Gasteiger partial charge in [0.25, 0.3) is 5.82 Å². The Kier molecular flexibility index (Phi) is 5.76. The van der Waals surface area contributed by atoms with E-state index in [1.54, 1.807) is 29.2 Å². The molecule has 0 spiro atoms. The zero-order chi connectivity index (χ0) is 22.9. The van der Waals surface area contributed by atoms with E-state index in [9.17, 15) is 18.0 Å². The van der Waals surface area contributed by atoms with Crippen molar-refractivity contribution in [1.29, 1.82) is 0 Å². The molecule has 1 N–H and O–H groups in total. The average molecular weight is 450 g/mol. The van der Waals surface area contributed by atoms with Crippen molar-refractivity contribution in [2.75, 3.05) is 37.5 Å². The van der Waals surface area contributed by atoms with E-state index in [1.165, 1.54) is 20.3 Å². The number of nitrogens with zero attached hydrogens (tertiary/aromatic N) is 5. The first-order valence-corrected chi connectivity index (χ1v) is 9.87. The Labute approximate surface area is 181 Å². The van der Waals surface area contributed by atoms with Gasteiger partial charge in [-0.3, -0.25) is 4.79 Å². The number of benzene rings is 1. The van der Waals surface area contributed by atoms with Crippen LogP contribution in [0.2, 0.25) is 0 Å². The van der Waals surface area contributed by atoms with Crippen LogP contribution in [0.1, 0.15) is 18.7 Å². The largest absolute Gasteiger partial charge is 0.497 e. The Balaban J connectivity index is 1.53. The smallest absolute Gasteiger partial charge is 0.453 e. The number of alkyl halides is 3. The van der Waals surface area contributed by atoms with Crippen LogP contribution in [0.4, 0.5) is 24.7 Å². The van der Waals surface area contributed by atoms with Gasteiger partial charge >= 0.3 is 6.18 Å². The number of fused-ring (bicyclic) bond motifs is 1. The molecule has 1 aliphatic heterocycles. The molecule has 4 rings (SSSR count). The number of carbonyl (C=O) groups is 1. The van der Waals surface area contributed by atoms with E-state index in [1.807, 2.05) is 0 Å². The van der Waals surface area contributed by atoms with E-state index in [0.29, 0.717) is 53.5 Å². The van der Waals surface area contributed by atoms with Crippen LogP contribution in [0.15, 0.2) is 30.3 Å². The number of carbonyl (C=O) groups excluding carboxylic acids is 1. The molecular formula is C20H21F3N6O3. The number of methoxy groups -OCH3 is 2. The highest BCUT2D eigenvalue weighted by Gasteiger charge is 2.38. The third kappa shape index (κ3) is 4.25. The SMILES string of the molecule is COc1ccc(OC)c(NC(=O)C2CCCN(c3ccc4nnc(C(F)(F)F)n4n3)C2)c1. The number of rotatable bonds is 5. The third-order valence-electron chi connectivity index (χ3n) is 5.28. The quantitative estimate of drug-likeness (QED) is 0.639. The van der Waals surface area contributed by atoms with Crippen LogP contribution in [0.3, 0.4) is 0 Å². The van der Waals surface area contributed by atoms with Crippen LogP contribution in [0.5, 0.6) is 11.5 Å². The molecule has 1 aromatic carbocycles. The fourth-order valence-electron chi connectivity index (χ4n) is 3.67. The van der Waals surface area contributed by atoms with Gasteiger partial charge in [-0.1, -0.05) is 0 Å². The average Bonchev–Trinajstić information content (AvgIpc) is 3.23. The molecule has 1 atom stereocenters.